The summed E-state index contributed by atoms with van der Waals surface area (Å²) in [5.74, 6) is 0. The number of rotatable bonds is 5. The second-order valence-electron chi connectivity index (χ2n) is 4.85. The summed E-state index contributed by atoms with van der Waals surface area (Å²) >= 11 is 9.77. The first kappa shape index (κ1) is 15.5. The summed E-state index contributed by atoms with van der Waals surface area (Å²) in [6, 6.07) is 8.13. The molecular formula is C16H18BrClN2. The van der Waals surface area contributed by atoms with Gasteiger partial charge < -0.3 is 5.32 Å². The largest absolute Gasteiger partial charge is 0.306 e. The molecule has 1 aromatic heterocycles. The van der Waals surface area contributed by atoms with Crippen molar-refractivity contribution in [3.8, 4) is 0 Å². The average Bonchev–Trinajstić information content (AvgIpc) is 2.43. The van der Waals surface area contributed by atoms with Gasteiger partial charge >= 0.3 is 0 Å². The molecule has 0 saturated heterocycles. The minimum atomic E-state index is 0.0930. The molecule has 0 aliphatic carbocycles. The number of hydrogen-bond acceptors (Lipinski definition) is 2. The first-order valence-electron chi connectivity index (χ1n) is 6.71. The second-order valence-corrected chi connectivity index (χ2v) is 6.14. The zero-order valence-electron chi connectivity index (χ0n) is 11.7. The number of aromatic nitrogens is 1. The van der Waals surface area contributed by atoms with E-state index >= 15 is 0 Å². The van der Waals surface area contributed by atoms with E-state index in [0.29, 0.717) is 0 Å². The molecule has 4 heteroatoms. The second kappa shape index (κ2) is 7.21. The van der Waals surface area contributed by atoms with Crippen molar-refractivity contribution in [1.82, 2.24) is 10.3 Å². The van der Waals surface area contributed by atoms with Crippen molar-refractivity contribution in [3.05, 3.63) is 62.8 Å². The van der Waals surface area contributed by atoms with Crippen LogP contribution in [0.5, 0.6) is 0 Å². The van der Waals surface area contributed by atoms with E-state index in [0.717, 1.165) is 39.2 Å². The summed E-state index contributed by atoms with van der Waals surface area (Å²) in [6.45, 7) is 5.16. The monoisotopic (exact) mass is 352 g/mol. The lowest BCUT2D eigenvalue weighted by Gasteiger charge is -2.21. The Balaban J connectivity index is 2.44. The van der Waals surface area contributed by atoms with Gasteiger partial charge in [0.2, 0.25) is 0 Å². The fourth-order valence-corrected chi connectivity index (χ4v) is 2.82. The molecule has 1 atom stereocenters. The van der Waals surface area contributed by atoms with Crippen LogP contribution in [0.3, 0.4) is 0 Å². The van der Waals surface area contributed by atoms with Crippen LogP contribution in [0.2, 0.25) is 5.02 Å². The Bertz CT molecular complexity index is 586. The third kappa shape index (κ3) is 3.81. The third-order valence-electron chi connectivity index (χ3n) is 3.10. The zero-order valence-corrected chi connectivity index (χ0v) is 14.0. The standard InChI is InChI=1S/C16H18BrClN2/c1-3-6-20-16(12-7-11(2)9-19-10-12)14-8-13(18)4-5-15(14)17/h4-5,7-10,16,20H,3,6H2,1-2H3. The van der Waals surface area contributed by atoms with E-state index in [1.807, 2.05) is 30.6 Å². The molecule has 2 nitrogen and oxygen atoms in total. The number of aryl methyl sites for hydroxylation is 1. The molecule has 0 spiro atoms. The Morgan fingerprint density at radius 2 is 2.10 bits per heavy atom. The lowest BCUT2D eigenvalue weighted by Crippen LogP contribution is -2.23. The minimum Gasteiger partial charge on any atom is -0.306 e. The van der Waals surface area contributed by atoms with E-state index in [1.165, 1.54) is 0 Å². The molecule has 0 aliphatic rings. The first-order valence-corrected chi connectivity index (χ1v) is 7.88. The van der Waals surface area contributed by atoms with Gasteiger partial charge in [-0.3, -0.25) is 4.98 Å². The third-order valence-corrected chi connectivity index (χ3v) is 4.05. The lowest BCUT2D eigenvalue weighted by atomic mass is 9.99. The van der Waals surface area contributed by atoms with Crippen LogP contribution in [0.1, 0.15) is 36.1 Å². The zero-order chi connectivity index (χ0) is 14.5. The number of hydrogen-bond donors (Lipinski definition) is 1. The summed E-state index contributed by atoms with van der Waals surface area (Å²) in [5, 5.41) is 4.31. The molecule has 0 radical (unpaired) electrons. The van der Waals surface area contributed by atoms with Gasteiger partial charge in [-0.1, -0.05) is 40.5 Å². The van der Waals surface area contributed by atoms with Crippen molar-refractivity contribution in [3.63, 3.8) is 0 Å². The maximum Gasteiger partial charge on any atom is 0.0603 e. The van der Waals surface area contributed by atoms with Gasteiger partial charge in [0.1, 0.15) is 0 Å². The summed E-state index contributed by atoms with van der Waals surface area (Å²) in [7, 11) is 0. The molecule has 1 N–H and O–H groups in total. The first-order chi connectivity index (χ1) is 9.61. The highest BCUT2D eigenvalue weighted by molar-refractivity contribution is 9.10. The van der Waals surface area contributed by atoms with Gasteiger partial charge in [-0.15, -0.1) is 0 Å². The molecule has 1 unspecified atom stereocenters. The van der Waals surface area contributed by atoms with E-state index in [1.54, 1.807) is 0 Å². The van der Waals surface area contributed by atoms with Crippen molar-refractivity contribution in [2.24, 2.45) is 0 Å². The highest BCUT2D eigenvalue weighted by Crippen LogP contribution is 2.31. The Labute approximate surface area is 133 Å². The van der Waals surface area contributed by atoms with Crippen molar-refractivity contribution in [2.75, 3.05) is 6.54 Å². The molecular weight excluding hydrogens is 336 g/mol. The number of pyridine rings is 1. The number of nitrogens with zero attached hydrogens (tertiary/aromatic N) is 1. The fourth-order valence-electron chi connectivity index (χ4n) is 2.17. The Kier molecular flexibility index (Phi) is 5.58. The highest BCUT2D eigenvalue weighted by Gasteiger charge is 2.17. The van der Waals surface area contributed by atoms with Crippen LogP contribution in [-0.4, -0.2) is 11.5 Å². The predicted octanol–water partition coefficient (Wildman–Crippen LogP) is 4.89. The highest BCUT2D eigenvalue weighted by atomic mass is 79.9. The quantitative estimate of drug-likeness (QED) is 0.827. The molecule has 20 heavy (non-hydrogen) atoms. The van der Waals surface area contributed by atoms with Gasteiger partial charge in [-0.2, -0.15) is 0 Å². The smallest absolute Gasteiger partial charge is 0.0603 e. The molecule has 2 aromatic rings. The van der Waals surface area contributed by atoms with Crippen LogP contribution >= 0.6 is 27.5 Å². The van der Waals surface area contributed by atoms with Gasteiger partial charge in [0.05, 0.1) is 6.04 Å². The topological polar surface area (TPSA) is 24.9 Å². The van der Waals surface area contributed by atoms with Crippen LogP contribution in [0.15, 0.2) is 41.1 Å². The maximum absolute atomic E-state index is 6.15. The van der Waals surface area contributed by atoms with Crippen LogP contribution in [0.4, 0.5) is 0 Å². The van der Waals surface area contributed by atoms with Crippen LogP contribution in [0.25, 0.3) is 0 Å². The van der Waals surface area contributed by atoms with Crippen molar-refractivity contribution in [2.45, 2.75) is 26.3 Å². The normalized spacial score (nSPS) is 12.4. The molecule has 0 fully saturated rings. The summed E-state index contributed by atoms with van der Waals surface area (Å²) in [6.07, 6.45) is 4.86. The Hall–Kier alpha value is -0.900. The van der Waals surface area contributed by atoms with Gasteiger partial charge in [0.25, 0.3) is 0 Å². The number of benzene rings is 1. The molecule has 106 valence electrons. The van der Waals surface area contributed by atoms with E-state index < -0.39 is 0 Å². The van der Waals surface area contributed by atoms with E-state index in [9.17, 15) is 0 Å². The SMILES string of the molecule is CCCNC(c1cncc(C)c1)c1cc(Cl)ccc1Br. The molecule has 0 aliphatic heterocycles. The van der Waals surface area contributed by atoms with Gasteiger partial charge in [-0.25, -0.2) is 0 Å². The molecule has 2 rings (SSSR count). The summed E-state index contributed by atoms with van der Waals surface area (Å²) in [4.78, 5) is 4.30. The van der Waals surface area contributed by atoms with E-state index in [4.69, 9.17) is 11.6 Å². The fraction of sp³-hybridized carbons (Fsp3) is 0.312. The van der Waals surface area contributed by atoms with Crippen LogP contribution in [0, 0.1) is 6.92 Å². The molecule has 0 saturated carbocycles. The van der Waals surface area contributed by atoms with E-state index in [2.05, 4.69) is 46.1 Å². The number of halogens is 2. The number of nitrogens with one attached hydrogen (secondary N) is 1. The maximum atomic E-state index is 6.15. The summed E-state index contributed by atoms with van der Waals surface area (Å²) in [5.41, 5.74) is 3.45. The molecule has 0 bridgehead atoms. The van der Waals surface area contributed by atoms with Crippen LogP contribution in [-0.2, 0) is 0 Å². The predicted molar refractivity (Wildman–Crippen MR) is 88.3 cm³/mol. The average molecular weight is 354 g/mol. The van der Waals surface area contributed by atoms with Crippen molar-refractivity contribution >= 4 is 27.5 Å². The Morgan fingerprint density at radius 1 is 1.30 bits per heavy atom. The Morgan fingerprint density at radius 3 is 2.80 bits per heavy atom. The van der Waals surface area contributed by atoms with Crippen molar-refractivity contribution < 1.29 is 0 Å². The molecule has 1 aromatic carbocycles. The van der Waals surface area contributed by atoms with E-state index in [-0.39, 0.29) is 6.04 Å². The molecule has 1 heterocycles. The minimum absolute atomic E-state index is 0.0930. The van der Waals surface area contributed by atoms with Crippen LogP contribution < -0.4 is 5.32 Å². The van der Waals surface area contributed by atoms with Crippen molar-refractivity contribution in [1.29, 1.82) is 0 Å². The van der Waals surface area contributed by atoms with Gasteiger partial charge in [0, 0.05) is 21.9 Å². The van der Waals surface area contributed by atoms with Gasteiger partial charge in [-0.05, 0) is 54.8 Å². The summed E-state index contributed by atoms with van der Waals surface area (Å²) < 4.78 is 1.05. The lowest BCUT2D eigenvalue weighted by molar-refractivity contribution is 0.595. The van der Waals surface area contributed by atoms with Gasteiger partial charge in [0.15, 0.2) is 0 Å². The molecule has 0 amide bonds.